The van der Waals surface area contributed by atoms with E-state index in [0.29, 0.717) is 23.1 Å². The fourth-order valence-corrected chi connectivity index (χ4v) is 5.03. The highest BCUT2D eigenvalue weighted by molar-refractivity contribution is 6.30. The minimum atomic E-state index is 0.145. The Bertz CT molecular complexity index is 763. The Balaban J connectivity index is 1.55. The number of carbonyl (C=O) groups is 1. The van der Waals surface area contributed by atoms with Gasteiger partial charge in [-0.1, -0.05) is 41.9 Å². The number of hydrogen-bond acceptors (Lipinski definition) is 1. The van der Waals surface area contributed by atoms with Crippen LogP contribution in [0.15, 0.2) is 54.6 Å². The molecule has 2 heterocycles. The van der Waals surface area contributed by atoms with Crippen LogP contribution in [0.1, 0.15) is 41.6 Å². The van der Waals surface area contributed by atoms with Gasteiger partial charge in [0, 0.05) is 48.9 Å². The zero-order valence-corrected chi connectivity index (χ0v) is 16.7. The molecule has 2 aliphatic rings. The summed E-state index contributed by atoms with van der Waals surface area (Å²) in [7, 11) is 2.33. The molecule has 2 fully saturated rings. The predicted octanol–water partition coefficient (Wildman–Crippen LogP) is 3.23. The third kappa shape index (κ3) is 4.04. The summed E-state index contributed by atoms with van der Waals surface area (Å²) in [5, 5.41) is 0.670. The smallest absolute Gasteiger partial charge is 0.254 e. The standard InChI is InChI=1S/C23H27ClN2O/c1-25-20-11-12-21(25)16-22(15-20)26(14-13-17-5-3-2-4-6-17)23(27)18-7-9-19(24)10-8-18/h2-10,20-22H,11-16H2,1H3/p+1/t20-,21+,22?. The van der Waals surface area contributed by atoms with Crippen LogP contribution in [0, 0.1) is 0 Å². The molecular formula is C23H28ClN2O+. The number of halogens is 1. The molecule has 2 aliphatic heterocycles. The SMILES string of the molecule is C[NH+]1[C@@H]2CC[C@H]1CC(N(CCc1ccccc1)C(=O)c1ccc(Cl)cc1)C2. The van der Waals surface area contributed by atoms with Crippen molar-refractivity contribution in [3.63, 3.8) is 0 Å². The highest BCUT2D eigenvalue weighted by Crippen LogP contribution is 2.27. The topological polar surface area (TPSA) is 24.8 Å². The molecule has 0 spiro atoms. The van der Waals surface area contributed by atoms with Gasteiger partial charge in [0.25, 0.3) is 5.91 Å². The molecule has 2 aromatic rings. The molecule has 1 N–H and O–H groups in total. The lowest BCUT2D eigenvalue weighted by atomic mass is 9.95. The van der Waals surface area contributed by atoms with Crippen LogP contribution in [0.2, 0.25) is 5.02 Å². The number of piperidine rings is 1. The van der Waals surface area contributed by atoms with E-state index in [-0.39, 0.29) is 5.91 Å². The van der Waals surface area contributed by atoms with Gasteiger partial charge < -0.3 is 9.80 Å². The van der Waals surface area contributed by atoms with Gasteiger partial charge >= 0.3 is 0 Å². The molecule has 1 amide bonds. The van der Waals surface area contributed by atoms with Crippen LogP contribution >= 0.6 is 11.6 Å². The first-order valence-corrected chi connectivity index (χ1v) is 10.4. The van der Waals surface area contributed by atoms with Crippen molar-refractivity contribution in [3.8, 4) is 0 Å². The van der Waals surface area contributed by atoms with E-state index in [1.165, 1.54) is 18.4 Å². The summed E-state index contributed by atoms with van der Waals surface area (Å²) in [6.07, 6.45) is 5.74. The molecular weight excluding hydrogens is 356 g/mol. The lowest BCUT2D eigenvalue weighted by molar-refractivity contribution is -0.922. The van der Waals surface area contributed by atoms with Crippen LogP contribution in [-0.2, 0) is 6.42 Å². The fraction of sp³-hybridized carbons (Fsp3) is 0.435. The second-order valence-corrected chi connectivity index (χ2v) is 8.52. The van der Waals surface area contributed by atoms with Gasteiger partial charge in [0.1, 0.15) is 0 Å². The lowest BCUT2D eigenvalue weighted by Crippen LogP contribution is -3.15. The van der Waals surface area contributed by atoms with E-state index in [4.69, 9.17) is 11.6 Å². The van der Waals surface area contributed by atoms with E-state index in [0.717, 1.165) is 31.4 Å². The molecule has 0 radical (unpaired) electrons. The summed E-state index contributed by atoms with van der Waals surface area (Å²) in [6, 6.07) is 19.6. The molecule has 27 heavy (non-hydrogen) atoms. The molecule has 2 unspecified atom stereocenters. The second-order valence-electron chi connectivity index (χ2n) is 8.08. The number of carbonyl (C=O) groups excluding carboxylic acids is 1. The van der Waals surface area contributed by atoms with Gasteiger partial charge in [-0.05, 0) is 36.2 Å². The average molecular weight is 384 g/mol. The van der Waals surface area contributed by atoms with Crippen molar-refractivity contribution in [3.05, 3.63) is 70.7 Å². The molecule has 2 saturated heterocycles. The van der Waals surface area contributed by atoms with E-state index >= 15 is 0 Å². The van der Waals surface area contributed by atoms with Gasteiger partial charge in [-0.15, -0.1) is 0 Å². The first-order chi connectivity index (χ1) is 13.1. The Hall–Kier alpha value is -1.84. The Morgan fingerprint density at radius 2 is 1.67 bits per heavy atom. The first kappa shape index (κ1) is 18.5. The molecule has 4 rings (SSSR count). The van der Waals surface area contributed by atoms with Crippen molar-refractivity contribution < 1.29 is 9.69 Å². The minimum absolute atomic E-state index is 0.145. The number of benzene rings is 2. The number of nitrogens with one attached hydrogen (secondary N) is 1. The Labute approximate surface area is 166 Å². The summed E-state index contributed by atoms with van der Waals surface area (Å²) in [4.78, 5) is 17.2. The van der Waals surface area contributed by atoms with Crippen LogP contribution in [0.4, 0.5) is 0 Å². The summed E-state index contributed by atoms with van der Waals surface area (Å²) in [6.45, 7) is 0.772. The van der Waals surface area contributed by atoms with E-state index < -0.39 is 0 Å². The van der Waals surface area contributed by atoms with Crippen molar-refractivity contribution in [1.82, 2.24) is 4.90 Å². The third-order valence-corrected chi connectivity index (χ3v) is 6.79. The van der Waals surface area contributed by atoms with E-state index in [9.17, 15) is 4.79 Å². The maximum Gasteiger partial charge on any atom is 0.254 e. The number of quaternary nitrogens is 1. The maximum absolute atomic E-state index is 13.4. The Morgan fingerprint density at radius 1 is 1.04 bits per heavy atom. The monoisotopic (exact) mass is 383 g/mol. The van der Waals surface area contributed by atoms with Crippen LogP contribution in [-0.4, -0.2) is 42.5 Å². The van der Waals surface area contributed by atoms with Crippen molar-refractivity contribution >= 4 is 17.5 Å². The first-order valence-electron chi connectivity index (χ1n) is 10.1. The van der Waals surface area contributed by atoms with Crippen LogP contribution in [0.3, 0.4) is 0 Å². The highest BCUT2D eigenvalue weighted by atomic mass is 35.5. The summed E-state index contributed by atoms with van der Waals surface area (Å²) in [5.41, 5.74) is 2.03. The van der Waals surface area contributed by atoms with Crippen LogP contribution in [0.5, 0.6) is 0 Å². The van der Waals surface area contributed by atoms with Gasteiger partial charge in [-0.25, -0.2) is 0 Å². The van der Waals surface area contributed by atoms with Crippen molar-refractivity contribution in [2.24, 2.45) is 0 Å². The van der Waals surface area contributed by atoms with E-state index in [1.807, 2.05) is 30.3 Å². The van der Waals surface area contributed by atoms with Crippen LogP contribution in [0.25, 0.3) is 0 Å². The predicted molar refractivity (Wildman–Crippen MR) is 109 cm³/mol. The number of amides is 1. The average Bonchev–Trinajstić information content (AvgIpc) is 2.90. The van der Waals surface area contributed by atoms with Gasteiger partial charge in [0.2, 0.25) is 0 Å². The number of nitrogens with zero attached hydrogens (tertiary/aromatic N) is 1. The van der Waals surface area contributed by atoms with Gasteiger partial charge in [0.15, 0.2) is 0 Å². The maximum atomic E-state index is 13.4. The highest BCUT2D eigenvalue weighted by Gasteiger charge is 2.44. The summed E-state index contributed by atoms with van der Waals surface area (Å²) in [5.74, 6) is 0.145. The number of rotatable bonds is 5. The summed E-state index contributed by atoms with van der Waals surface area (Å²) < 4.78 is 0. The molecule has 4 atom stereocenters. The normalized spacial score (nSPS) is 26.7. The number of hydrogen-bond donors (Lipinski definition) is 1. The second kappa shape index (κ2) is 8.04. The lowest BCUT2D eigenvalue weighted by Gasteiger charge is -2.40. The zero-order chi connectivity index (χ0) is 18.8. The van der Waals surface area contributed by atoms with E-state index in [2.05, 4.69) is 36.2 Å². The minimum Gasteiger partial charge on any atom is -0.335 e. The van der Waals surface area contributed by atoms with E-state index in [1.54, 1.807) is 4.90 Å². The zero-order valence-electron chi connectivity index (χ0n) is 15.9. The van der Waals surface area contributed by atoms with Gasteiger partial charge in [-0.3, -0.25) is 4.79 Å². The summed E-state index contributed by atoms with van der Waals surface area (Å²) >= 11 is 6.02. The molecule has 0 aliphatic carbocycles. The third-order valence-electron chi connectivity index (χ3n) is 6.54. The molecule has 2 bridgehead atoms. The quantitative estimate of drug-likeness (QED) is 0.842. The molecule has 4 heteroatoms. The van der Waals surface area contributed by atoms with Gasteiger partial charge in [-0.2, -0.15) is 0 Å². The van der Waals surface area contributed by atoms with Crippen LogP contribution < -0.4 is 4.90 Å². The molecule has 142 valence electrons. The van der Waals surface area contributed by atoms with Gasteiger partial charge in [0.05, 0.1) is 19.1 Å². The van der Waals surface area contributed by atoms with Crippen molar-refractivity contribution in [2.75, 3.05) is 13.6 Å². The molecule has 0 saturated carbocycles. The van der Waals surface area contributed by atoms with Crippen molar-refractivity contribution in [2.45, 2.75) is 50.2 Å². The Kier molecular flexibility index (Phi) is 5.51. The molecule has 2 aromatic carbocycles. The largest absolute Gasteiger partial charge is 0.335 e. The Morgan fingerprint density at radius 3 is 2.30 bits per heavy atom. The fourth-order valence-electron chi connectivity index (χ4n) is 4.91. The molecule has 0 aromatic heterocycles. The molecule has 3 nitrogen and oxygen atoms in total. The van der Waals surface area contributed by atoms with Crippen molar-refractivity contribution in [1.29, 1.82) is 0 Å². The number of fused-ring (bicyclic) bond motifs is 2.